The van der Waals surface area contributed by atoms with Gasteiger partial charge in [-0.15, -0.1) is 0 Å². The Bertz CT molecular complexity index is 1400. The topological polar surface area (TPSA) is 56.3 Å². The zero-order valence-electron chi connectivity index (χ0n) is 17.5. The number of carbonyl (C=O) groups is 2. The van der Waals surface area contributed by atoms with Crippen molar-refractivity contribution in [1.82, 2.24) is 4.98 Å². The average molecular weight is 419 g/mol. The molecule has 4 heteroatoms. The molecule has 0 spiro atoms. The van der Waals surface area contributed by atoms with Gasteiger partial charge in [-0.05, 0) is 59.7 Å². The van der Waals surface area contributed by atoms with Gasteiger partial charge in [-0.2, -0.15) is 0 Å². The van der Waals surface area contributed by atoms with Crippen LogP contribution in [0, 0.1) is 0 Å². The van der Waals surface area contributed by atoms with E-state index in [1.54, 1.807) is 0 Å². The fourth-order valence-electron chi connectivity index (χ4n) is 4.54. The van der Waals surface area contributed by atoms with E-state index < -0.39 is 5.97 Å². The highest BCUT2D eigenvalue weighted by Gasteiger charge is 2.27. The fraction of sp³-hybridized carbons (Fsp3) is 0.179. The van der Waals surface area contributed by atoms with Crippen LogP contribution in [0.1, 0.15) is 56.3 Å². The molecule has 1 aromatic heterocycles. The van der Waals surface area contributed by atoms with Gasteiger partial charge >= 0.3 is 5.97 Å². The number of carbonyl (C=O) groups excluding carboxylic acids is 2. The summed E-state index contributed by atoms with van der Waals surface area (Å²) >= 11 is 0. The SMILES string of the molecule is O=C(COC(=O)c1cc(C2CC2)nc2ccccc12)c1ccc2c(c1)-c1ccccc1C2. The Morgan fingerprint density at radius 1 is 0.875 bits per heavy atom. The van der Waals surface area contributed by atoms with Crippen LogP contribution in [0.3, 0.4) is 0 Å². The summed E-state index contributed by atoms with van der Waals surface area (Å²) in [6.45, 7) is -0.283. The van der Waals surface area contributed by atoms with Crippen LogP contribution in [0.2, 0.25) is 0 Å². The fourth-order valence-corrected chi connectivity index (χ4v) is 4.54. The number of hydrogen-bond acceptors (Lipinski definition) is 4. The summed E-state index contributed by atoms with van der Waals surface area (Å²) in [4.78, 5) is 30.5. The molecule has 2 aliphatic rings. The maximum absolute atomic E-state index is 12.9. The van der Waals surface area contributed by atoms with E-state index in [0.29, 0.717) is 17.0 Å². The molecule has 0 unspecified atom stereocenters. The van der Waals surface area contributed by atoms with Crippen molar-refractivity contribution in [3.63, 3.8) is 0 Å². The molecule has 0 atom stereocenters. The molecule has 156 valence electrons. The lowest BCUT2D eigenvalue weighted by atomic mass is 10.0. The van der Waals surface area contributed by atoms with Gasteiger partial charge in [0.15, 0.2) is 12.4 Å². The van der Waals surface area contributed by atoms with Gasteiger partial charge in [-0.1, -0.05) is 54.6 Å². The lowest BCUT2D eigenvalue weighted by molar-refractivity contribution is 0.0476. The smallest absolute Gasteiger partial charge is 0.339 e. The molecule has 0 N–H and O–H groups in total. The van der Waals surface area contributed by atoms with Crippen LogP contribution in [-0.2, 0) is 11.2 Å². The van der Waals surface area contributed by atoms with E-state index in [-0.39, 0.29) is 12.4 Å². The number of ether oxygens (including phenoxy) is 1. The molecule has 1 heterocycles. The van der Waals surface area contributed by atoms with Crippen LogP contribution in [0.5, 0.6) is 0 Å². The van der Waals surface area contributed by atoms with Crippen molar-refractivity contribution < 1.29 is 14.3 Å². The lowest BCUT2D eigenvalue weighted by Crippen LogP contribution is -2.15. The maximum Gasteiger partial charge on any atom is 0.339 e. The number of para-hydroxylation sites is 1. The van der Waals surface area contributed by atoms with Gasteiger partial charge in [0.1, 0.15) is 0 Å². The van der Waals surface area contributed by atoms with E-state index in [9.17, 15) is 9.59 Å². The summed E-state index contributed by atoms with van der Waals surface area (Å²) < 4.78 is 5.48. The number of ketones is 1. The number of benzene rings is 3. The van der Waals surface area contributed by atoms with Crippen molar-refractivity contribution in [1.29, 1.82) is 0 Å². The van der Waals surface area contributed by atoms with Gasteiger partial charge in [0.25, 0.3) is 0 Å². The second-order valence-electron chi connectivity index (χ2n) is 8.59. The van der Waals surface area contributed by atoms with E-state index in [0.717, 1.165) is 41.4 Å². The van der Waals surface area contributed by atoms with Gasteiger partial charge in [-0.25, -0.2) is 4.79 Å². The minimum Gasteiger partial charge on any atom is -0.454 e. The van der Waals surface area contributed by atoms with Crippen molar-refractivity contribution in [2.75, 3.05) is 6.61 Å². The summed E-state index contributed by atoms with van der Waals surface area (Å²) in [5.41, 5.74) is 7.51. The Morgan fingerprint density at radius 3 is 2.53 bits per heavy atom. The van der Waals surface area contributed by atoms with Gasteiger partial charge < -0.3 is 4.74 Å². The van der Waals surface area contributed by atoms with Crippen LogP contribution < -0.4 is 0 Å². The molecule has 0 bridgehead atoms. The highest BCUT2D eigenvalue weighted by atomic mass is 16.5. The number of aromatic nitrogens is 1. The van der Waals surface area contributed by atoms with Gasteiger partial charge in [0, 0.05) is 22.6 Å². The van der Waals surface area contributed by atoms with E-state index in [4.69, 9.17) is 9.72 Å². The molecule has 0 aliphatic heterocycles. The molecule has 4 nitrogen and oxygen atoms in total. The molecule has 3 aromatic carbocycles. The molecular weight excluding hydrogens is 398 g/mol. The summed E-state index contributed by atoms with van der Waals surface area (Å²) in [6.07, 6.45) is 3.08. The molecule has 0 radical (unpaired) electrons. The van der Waals surface area contributed by atoms with Gasteiger partial charge in [0.05, 0.1) is 11.1 Å². The lowest BCUT2D eigenvalue weighted by Gasteiger charge is -2.10. The first-order chi connectivity index (χ1) is 15.7. The number of pyridine rings is 1. The molecular formula is C28H21NO3. The number of fused-ring (bicyclic) bond motifs is 4. The molecule has 0 amide bonds. The van der Waals surface area contributed by atoms with Crippen molar-refractivity contribution in [3.05, 3.63) is 101 Å². The highest BCUT2D eigenvalue weighted by Crippen LogP contribution is 2.40. The molecule has 0 saturated heterocycles. The average Bonchev–Trinajstić information content (AvgIpc) is 3.62. The van der Waals surface area contributed by atoms with Crippen molar-refractivity contribution in [2.24, 2.45) is 0 Å². The van der Waals surface area contributed by atoms with Crippen LogP contribution >= 0.6 is 0 Å². The first-order valence-electron chi connectivity index (χ1n) is 11.0. The Kier molecular flexibility index (Phi) is 4.39. The zero-order chi connectivity index (χ0) is 21.7. The van der Waals surface area contributed by atoms with E-state index in [1.165, 1.54) is 16.7 Å². The zero-order valence-corrected chi connectivity index (χ0v) is 17.5. The van der Waals surface area contributed by atoms with Gasteiger partial charge in [-0.3, -0.25) is 9.78 Å². The summed E-state index contributed by atoms with van der Waals surface area (Å²) in [7, 11) is 0. The third-order valence-electron chi connectivity index (χ3n) is 6.41. The molecule has 6 rings (SSSR count). The molecule has 1 fully saturated rings. The third-order valence-corrected chi connectivity index (χ3v) is 6.41. The van der Waals surface area contributed by atoms with Crippen LogP contribution in [0.4, 0.5) is 0 Å². The largest absolute Gasteiger partial charge is 0.454 e. The van der Waals surface area contributed by atoms with Crippen LogP contribution in [0.15, 0.2) is 72.8 Å². The number of Topliss-reactive ketones (excluding diaryl/α,β-unsaturated/α-hetero) is 1. The summed E-state index contributed by atoms with van der Waals surface area (Å²) in [5, 5.41) is 0.753. The van der Waals surface area contributed by atoms with E-state index in [2.05, 4.69) is 12.1 Å². The molecule has 32 heavy (non-hydrogen) atoms. The maximum atomic E-state index is 12.9. The third kappa shape index (κ3) is 3.28. The second-order valence-corrected chi connectivity index (χ2v) is 8.59. The Labute approximate surface area is 185 Å². The number of esters is 1. The second kappa shape index (κ2) is 7.41. The van der Waals surface area contributed by atoms with Crippen molar-refractivity contribution >= 4 is 22.7 Å². The number of rotatable bonds is 5. The normalized spacial score (nSPS) is 14.1. The summed E-state index contributed by atoms with van der Waals surface area (Å²) in [6, 6.07) is 23.4. The number of hydrogen-bond donors (Lipinski definition) is 0. The quantitative estimate of drug-likeness (QED) is 0.270. The molecule has 1 saturated carbocycles. The van der Waals surface area contributed by atoms with Crippen LogP contribution in [-0.4, -0.2) is 23.3 Å². The van der Waals surface area contributed by atoms with Crippen molar-refractivity contribution in [3.8, 4) is 11.1 Å². The monoisotopic (exact) mass is 419 g/mol. The Balaban J connectivity index is 1.23. The summed E-state index contributed by atoms with van der Waals surface area (Å²) in [5.74, 6) is -0.265. The predicted octanol–water partition coefficient (Wildman–Crippen LogP) is 5.72. The Morgan fingerprint density at radius 2 is 1.66 bits per heavy atom. The highest BCUT2D eigenvalue weighted by molar-refractivity contribution is 6.05. The first-order valence-corrected chi connectivity index (χ1v) is 11.0. The predicted molar refractivity (Wildman–Crippen MR) is 123 cm³/mol. The van der Waals surface area contributed by atoms with E-state index in [1.807, 2.05) is 60.7 Å². The minimum atomic E-state index is -0.481. The van der Waals surface area contributed by atoms with E-state index >= 15 is 0 Å². The van der Waals surface area contributed by atoms with Gasteiger partial charge in [0.2, 0.25) is 0 Å². The van der Waals surface area contributed by atoms with Crippen molar-refractivity contribution in [2.45, 2.75) is 25.2 Å². The number of nitrogens with zero attached hydrogens (tertiary/aromatic N) is 1. The Hall–Kier alpha value is -3.79. The van der Waals surface area contributed by atoms with Crippen LogP contribution in [0.25, 0.3) is 22.0 Å². The molecule has 4 aromatic rings. The minimum absolute atomic E-state index is 0.202. The standard InChI is InChI=1S/C28H21NO3/c30-27(20-12-11-19-13-18-5-1-2-6-21(18)23(19)14-20)16-32-28(31)24-15-26(17-9-10-17)29-25-8-4-3-7-22(24)25/h1-8,11-12,14-15,17H,9-10,13,16H2. The molecule has 2 aliphatic carbocycles. The first kappa shape index (κ1) is 18.9.